The van der Waals surface area contributed by atoms with Crippen LogP contribution in [-0.2, 0) is 11.0 Å². The second-order valence-electron chi connectivity index (χ2n) is 10.2. The number of pyridine rings is 2. The maximum atomic E-state index is 13.6. The zero-order valence-electron chi connectivity index (χ0n) is 21.5. The molecule has 4 aromatic rings. The summed E-state index contributed by atoms with van der Waals surface area (Å²) in [6.07, 6.45) is 1.82. The minimum absolute atomic E-state index is 0.0559. The van der Waals surface area contributed by atoms with E-state index < -0.39 is 11.0 Å². The summed E-state index contributed by atoms with van der Waals surface area (Å²) in [4.78, 5) is 22.2. The van der Waals surface area contributed by atoms with E-state index in [0.717, 1.165) is 5.39 Å². The molecule has 0 aliphatic carbocycles. The van der Waals surface area contributed by atoms with Crippen molar-refractivity contribution in [3.63, 3.8) is 0 Å². The highest BCUT2D eigenvalue weighted by molar-refractivity contribution is 6.01. The van der Waals surface area contributed by atoms with Crippen LogP contribution in [0.5, 0.6) is 11.5 Å². The Morgan fingerprint density at radius 2 is 1.97 bits per heavy atom. The van der Waals surface area contributed by atoms with Crippen molar-refractivity contribution in [1.29, 1.82) is 0 Å². The number of Topliss-reactive ketones (excluding diaryl/α,β-unsaturated/α-hetero) is 1. The van der Waals surface area contributed by atoms with Crippen LogP contribution in [0.25, 0.3) is 22.2 Å². The summed E-state index contributed by atoms with van der Waals surface area (Å²) in [5.41, 5.74) is 1.10. The molecule has 2 N–H and O–H groups in total. The van der Waals surface area contributed by atoms with Crippen molar-refractivity contribution in [2.45, 2.75) is 37.7 Å². The molecule has 2 aromatic heterocycles. The SMILES string of the molecule is COc1cc(C(=O)CC[C@](C)(O)c2cc3c(c(-c4ccc(F)cc4)n2)OC[C@]3(C)CO)cc2cccnc12. The first kappa shape index (κ1) is 25.8. The Kier molecular flexibility index (Phi) is 6.63. The normalized spacial score (nSPS) is 18.1. The highest BCUT2D eigenvalue weighted by atomic mass is 19.1. The minimum Gasteiger partial charge on any atom is -0.494 e. The summed E-state index contributed by atoms with van der Waals surface area (Å²) < 4.78 is 25.0. The number of carbonyl (C=O) groups excluding carboxylic acids is 1. The molecule has 0 radical (unpaired) electrons. The van der Waals surface area contributed by atoms with E-state index in [1.54, 1.807) is 49.5 Å². The lowest BCUT2D eigenvalue weighted by Gasteiger charge is -2.26. The van der Waals surface area contributed by atoms with Crippen molar-refractivity contribution < 1.29 is 28.9 Å². The Balaban J connectivity index is 1.47. The third kappa shape index (κ3) is 4.61. The molecule has 2 aromatic carbocycles. The zero-order valence-corrected chi connectivity index (χ0v) is 21.5. The van der Waals surface area contributed by atoms with Gasteiger partial charge < -0.3 is 19.7 Å². The summed E-state index contributed by atoms with van der Waals surface area (Å²) in [6.45, 7) is 3.57. The lowest BCUT2D eigenvalue weighted by atomic mass is 9.82. The third-order valence-electron chi connectivity index (χ3n) is 7.23. The second-order valence-corrected chi connectivity index (χ2v) is 10.2. The van der Waals surface area contributed by atoms with E-state index in [1.807, 2.05) is 13.0 Å². The van der Waals surface area contributed by atoms with Crippen molar-refractivity contribution >= 4 is 16.7 Å². The number of aliphatic hydroxyl groups excluding tert-OH is 1. The van der Waals surface area contributed by atoms with E-state index in [0.29, 0.717) is 45.1 Å². The first-order chi connectivity index (χ1) is 18.1. The fourth-order valence-corrected chi connectivity index (χ4v) is 4.75. The molecule has 3 heterocycles. The number of ether oxygens (including phenoxy) is 2. The van der Waals surface area contributed by atoms with Crippen molar-refractivity contribution in [1.82, 2.24) is 9.97 Å². The molecule has 7 nitrogen and oxygen atoms in total. The molecule has 0 saturated heterocycles. The molecule has 0 fully saturated rings. The Bertz CT molecular complexity index is 1520. The van der Waals surface area contributed by atoms with Gasteiger partial charge in [-0.05, 0) is 68.8 Å². The molecule has 0 unspecified atom stereocenters. The van der Waals surface area contributed by atoms with Crippen LogP contribution in [0.3, 0.4) is 0 Å². The number of aromatic nitrogens is 2. The van der Waals surface area contributed by atoms with Gasteiger partial charge in [0.1, 0.15) is 40.7 Å². The molecule has 1 aliphatic rings. The average Bonchev–Trinajstić information content (AvgIpc) is 3.28. The second kappa shape index (κ2) is 9.78. The predicted octanol–water partition coefficient (Wildman–Crippen LogP) is 4.96. The van der Waals surface area contributed by atoms with Gasteiger partial charge in [0.2, 0.25) is 0 Å². The molecular formula is C30H29FN2O5. The summed E-state index contributed by atoms with van der Waals surface area (Å²) in [7, 11) is 1.53. The summed E-state index contributed by atoms with van der Waals surface area (Å²) in [6, 6.07) is 14.7. The van der Waals surface area contributed by atoms with Gasteiger partial charge in [-0.1, -0.05) is 6.07 Å². The molecule has 196 valence electrons. The quantitative estimate of drug-likeness (QED) is 0.319. The number of aliphatic hydroxyl groups is 2. The maximum absolute atomic E-state index is 13.6. The molecule has 5 rings (SSSR count). The zero-order chi connectivity index (χ0) is 27.1. The minimum atomic E-state index is -1.47. The van der Waals surface area contributed by atoms with E-state index in [9.17, 15) is 19.4 Å². The van der Waals surface area contributed by atoms with Gasteiger partial charge in [-0.25, -0.2) is 9.37 Å². The van der Waals surface area contributed by atoms with Crippen LogP contribution in [0.2, 0.25) is 0 Å². The highest BCUT2D eigenvalue weighted by Gasteiger charge is 2.40. The number of methoxy groups -OCH3 is 1. The Hall–Kier alpha value is -3.88. The first-order valence-electron chi connectivity index (χ1n) is 12.4. The fourth-order valence-electron chi connectivity index (χ4n) is 4.75. The topological polar surface area (TPSA) is 102 Å². The summed E-state index contributed by atoms with van der Waals surface area (Å²) in [5.74, 6) is 0.471. The number of carbonyl (C=O) groups is 1. The lowest BCUT2D eigenvalue weighted by Crippen LogP contribution is -2.29. The summed E-state index contributed by atoms with van der Waals surface area (Å²) >= 11 is 0. The van der Waals surface area contributed by atoms with Crippen LogP contribution in [0, 0.1) is 5.82 Å². The molecule has 38 heavy (non-hydrogen) atoms. The monoisotopic (exact) mass is 516 g/mol. The smallest absolute Gasteiger partial charge is 0.163 e. The van der Waals surface area contributed by atoms with Crippen molar-refractivity contribution in [3.05, 3.63) is 83.4 Å². The maximum Gasteiger partial charge on any atom is 0.163 e. The number of nitrogens with zero attached hydrogens (tertiary/aromatic N) is 2. The van der Waals surface area contributed by atoms with Crippen molar-refractivity contribution in [2.75, 3.05) is 20.3 Å². The average molecular weight is 517 g/mol. The van der Waals surface area contributed by atoms with Crippen molar-refractivity contribution in [2.24, 2.45) is 0 Å². The molecule has 2 atom stereocenters. The van der Waals surface area contributed by atoms with Crippen LogP contribution < -0.4 is 9.47 Å². The first-order valence-corrected chi connectivity index (χ1v) is 12.4. The highest BCUT2D eigenvalue weighted by Crippen LogP contribution is 2.45. The van der Waals surface area contributed by atoms with Crippen LogP contribution >= 0.6 is 0 Å². The molecular weight excluding hydrogens is 487 g/mol. The van der Waals surface area contributed by atoms with E-state index >= 15 is 0 Å². The number of fused-ring (bicyclic) bond motifs is 2. The number of hydrogen-bond donors (Lipinski definition) is 2. The van der Waals surface area contributed by atoms with Gasteiger partial charge in [0.25, 0.3) is 0 Å². The fraction of sp³-hybridized carbons (Fsp3) is 0.300. The lowest BCUT2D eigenvalue weighted by molar-refractivity contribution is 0.0396. The van der Waals surface area contributed by atoms with E-state index in [1.165, 1.54) is 19.2 Å². The van der Waals surface area contributed by atoms with Gasteiger partial charge >= 0.3 is 0 Å². The van der Waals surface area contributed by atoms with E-state index in [-0.39, 0.29) is 37.7 Å². The number of rotatable bonds is 8. The van der Waals surface area contributed by atoms with E-state index in [2.05, 4.69) is 4.98 Å². The van der Waals surface area contributed by atoms with Crippen LogP contribution in [0.15, 0.2) is 60.8 Å². The van der Waals surface area contributed by atoms with Gasteiger partial charge in [-0.3, -0.25) is 9.78 Å². The van der Waals surface area contributed by atoms with Crippen LogP contribution in [0.1, 0.15) is 48.3 Å². The van der Waals surface area contributed by atoms with Gasteiger partial charge in [-0.15, -0.1) is 0 Å². The Morgan fingerprint density at radius 1 is 1.21 bits per heavy atom. The van der Waals surface area contributed by atoms with Crippen LogP contribution in [0.4, 0.5) is 4.39 Å². The van der Waals surface area contributed by atoms with Crippen molar-refractivity contribution in [3.8, 4) is 22.8 Å². The van der Waals surface area contributed by atoms with Gasteiger partial charge in [0.05, 0.1) is 24.8 Å². The molecule has 8 heteroatoms. The Labute approximate surface area is 219 Å². The predicted molar refractivity (Wildman–Crippen MR) is 141 cm³/mol. The Morgan fingerprint density at radius 3 is 2.68 bits per heavy atom. The molecule has 0 spiro atoms. The molecule has 0 amide bonds. The third-order valence-corrected chi connectivity index (χ3v) is 7.23. The van der Waals surface area contributed by atoms with Gasteiger partial charge in [-0.2, -0.15) is 0 Å². The van der Waals surface area contributed by atoms with Gasteiger partial charge in [0, 0.05) is 34.7 Å². The number of benzene rings is 2. The van der Waals surface area contributed by atoms with Crippen LogP contribution in [-0.4, -0.2) is 46.3 Å². The van der Waals surface area contributed by atoms with E-state index in [4.69, 9.17) is 14.5 Å². The standard InChI is InChI=1S/C30H29FN2O5/c1-29(16-34)17-38-28-22(29)15-25(33-27(28)18-6-8-21(31)9-7-18)30(2,36)11-10-23(35)20-13-19-5-4-12-32-26(19)24(14-20)37-3/h4-9,12-15,34,36H,10-11,16-17H2,1-3H3/t29-,30-/m0/s1. The van der Waals surface area contributed by atoms with Gasteiger partial charge in [0.15, 0.2) is 5.78 Å². The largest absolute Gasteiger partial charge is 0.494 e. The number of halogens is 1. The molecule has 0 saturated carbocycles. The number of ketones is 1. The summed E-state index contributed by atoms with van der Waals surface area (Å²) in [5, 5.41) is 22.4. The molecule has 0 bridgehead atoms. The number of hydrogen-bond acceptors (Lipinski definition) is 7. The molecule has 1 aliphatic heterocycles.